The first kappa shape index (κ1) is 9.94. The molecule has 0 aromatic heterocycles. The molecule has 2 fully saturated rings. The van der Waals surface area contributed by atoms with Gasteiger partial charge in [-0.15, -0.1) is 0 Å². The molecule has 0 saturated heterocycles. The van der Waals surface area contributed by atoms with Crippen molar-refractivity contribution in [2.75, 3.05) is 0 Å². The standard InChI is InChI=1S/C8H12F2.C2H6/c1-6-2-7(3-6)4-8(9,10)5-7;1-2/h6H,2-5H2,1H3;1-2H3. The Morgan fingerprint density at radius 2 is 1.50 bits per heavy atom. The summed E-state index contributed by atoms with van der Waals surface area (Å²) in [6.45, 7) is 6.14. The second-order valence-electron chi connectivity index (χ2n) is 4.22. The van der Waals surface area contributed by atoms with E-state index < -0.39 is 5.92 Å². The fraction of sp³-hybridized carbons (Fsp3) is 1.00. The van der Waals surface area contributed by atoms with Gasteiger partial charge in [0.15, 0.2) is 0 Å². The molecule has 2 aliphatic rings. The second kappa shape index (κ2) is 2.97. The van der Waals surface area contributed by atoms with E-state index in [1.54, 1.807) is 0 Å². The van der Waals surface area contributed by atoms with E-state index in [4.69, 9.17) is 0 Å². The molecular formula is C10H18F2. The SMILES string of the molecule is CC.CC1CC2(C1)CC(F)(F)C2. The van der Waals surface area contributed by atoms with Gasteiger partial charge in [0.1, 0.15) is 0 Å². The average molecular weight is 176 g/mol. The summed E-state index contributed by atoms with van der Waals surface area (Å²) >= 11 is 0. The van der Waals surface area contributed by atoms with Crippen LogP contribution in [0.3, 0.4) is 0 Å². The Balaban J connectivity index is 0.000000336. The van der Waals surface area contributed by atoms with Crippen LogP contribution in [-0.2, 0) is 0 Å². The van der Waals surface area contributed by atoms with Crippen molar-refractivity contribution in [2.24, 2.45) is 11.3 Å². The number of rotatable bonds is 0. The lowest BCUT2D eigenvalue weighted by Gasteiger charge is -2.56. The molecule has 0 aliphatic heterocycles. The molecule has 0 bridgehead atoms. The van der Waals surface area contributed by atoms with E-state index in [0.717, 1.165) is 12.8 Å². The highest BCUT2D eigenvalue weighted by atomic mass is 19.3. The summed E-state index contributed by atoms with van der Waals surface area (Å²) in [7, 11) is 0. The van der Waals surface area contributed by atoms with Gasteiger partial charge in [-0.05, 0) is 24.2 Å². The molecule has 72 valence electrons. The Labute approximate surface area is 73.3 Å². The quantitative estimate of drug-likeness (QED) is 0.525. The lowest BCUT2D eigenvalue weighted by Crippen LogP contribution is -2.52. The maximum absolute atomic E-state index is 12.4. The highest BCUT2D eigenvalue weighted by Crippen LogP contribution is 2.64. The highest BCUT2D eigenvalue weighted by Gasteiger charge is 2.60. The van der Waals surface area contributed by atoms with Gasteiger partial charge in [-0.25, -0.2) is 8.78 Å². The summed E-state index contributed by atoms with van der Waals surface area (Å²) in [4.78, 5) is 0. The van der Waals surface area contributed by atoms with Crippen LogP contribution in [0.2, 0.25) is 0 Å². The number of hydrogen-bond acceptors (Lipinski definition) is 0. The van der Waals surface area contributed by atoms with E-state index in [1.165, 1.54) is 0 Å². The molecule has 0 radical (unpaired) electrons. The molecular weight excluding hydrogens is 158 g/mol. The molecule has 0 nitrogen and oxygen atoms in total. The topological polar surface area (TPSA) is 0 Å². The van der Waals surface area contributed by atoms with Gasteiger partial charge in [-0.3, -0.25) is 0 Å². The third-order valence-corrected chi connectivity index (χ3v) is 2.83. The Bertz CT molecular complexity index is 147. The van der Waals surface area contributed by atoms with Gasteiger partial charge in [0, 0.05) is 12.8 Å². The van der Waals surface area contributed by atoms with Crippen LogP contribution in [0.4, 0.5) is 8.78 Å². The highest BCUT2D eigenvalue weighted by molar-refractivity contribution is 5.05. The molecule has 0 amide bonds. The van der Waals surface area contributed by atoms with E-state index in [9.17, 15) is 8.78 Å². The van der Waals surface area contributed by atoms with Crippen LogP contribution >= 0.6 is 0 Å². The van der Waals surface area contributed by atoms with Crippen molar-refractivity contribution in [3.8, 4) is 0 Å². The van der Waals surface area contributed by atoms with Gasteiger partial charge in [0.05, 0.1) is 0 Å². The third kappa shape index (κ3) is 1.62. The van der Waals surface area contributed by atoms with Crippen molar-refractivity contribution in [3.63, 3.8) is 0 Å². The van der Waals surface area contributed by atoms with Crippen LogP contribution in [-0.4, -0.2) is 5.92 Å². The average Bonchev–Trinajstić information content (AvgIpc) is 1.85. The maximum atomic E-state index is 12.4. The molecule has 0 unspecified atom stereocenters. The van der Waals surface area contributed by atoms with Gasteiger partial charge >= 0.3 is 0 Å². The van der Waals surface area contributed by atoms with E-state index in [-0.39, 0.29) is 18.3 Å². The summed E-state index contributed by atoms with van der Waals surface area (Å²) in [6, 6.07) is 0. The number of halogens is 2. The van der Waals surface area contributed by atoms with E-state index >= 15 is 0 Å². The van der Waals surface area contributed by atoms with Gasteiger partial charge in [0.2, 0.25) is 5.92 Å². The first-order chi connectivity index (χ1) is 5.52. The first-order valence-corrected chi connectivity index (χ1v) is 4.89. The predicted octanol–water partition coefficient (Wildman–Crippen LogP) is 3.86. The number of alkyl halides is 2. The van der Waals surface area contributed by atoms with Gasteiger partial charge in [-0.2, -0.15) is 0 Å². The lowest BCUT2D eigenvalue weighted by atomic mass is 9.51. The summed E-state index contributed by atoms with van der Waals surface area (Å²) < 4.78 is 24.8. The summed E-state index contributed by atoms with van der Waals surface area (Å²) in [5.41, 5.74) is 0.100. The van der Waals surface area contributed by atoms with Crippen LogP contribution in [0.5, 0.6) is 0 Å². The zero-order chi connectivity index (χ0) is 9.41. The second-order valence-corrected chi connectivity index (χ2v) is 4.22. The molecule has 1 spiro atoms. The molecule has 0 aromatic carbocycles. The van der Waals surface area contributed by atoms with Crippen molar-refractivity contribution in [1.82, 2.24) is 0 Å². The molecule has 2 heteroatoms. The summed E-state index contributed by atoms with van der Waals surface area (Å²) in [6.07, 6.45) is 2.43. The van der Waals surface area contributed by atoms with Crippen LogP contribution in [0.1, 0.15) is 46.5 Å². The van der Waals surface area contributed by atoms with Gasteiger partial charge in [0.25, 0.3) is 0 Å². The molecule has 0 aromatic rings. The molecule has 2 aliphatic carbocycles. The fourth-order valence-electron chi connectivity index (χ4n) is 2.75. The van der Waals surface area contributed by atoms with Crippen LogP contribution < -0.4 is 0 Å². The Morgan fingerprint density at radius 3 is 1.75 bits per heavy atom. The van der Waals surface area contributed by atoms with Crippen molar-refractivity contribution < 1.29 is 8.78 Å². The Morgan fingerprint density at radius 1 is 1.08 bits per heavy atom. The lowest BCUT2D eigenvalue weighted by molar-refractivity contribution is -0.204. The van der Waals surface area contributed by atoms with Crippen LogP contribution in [0.15, 0.2) is 0 Å². The predicted molar refractivity (Wildman–Crippen MR) is 46.4 cm³/mol. The van der Waals surface area contributed by atoms with Gasteiger partial charge in [-0.1, -0.05) is 20.8 Å². The van der Waals surface area contributed by atoms with Gasteiger partial charge < -0.3 is 0 Å². The maximum Gasteiger partial charge on any atom is 0.249 e. The summed E-state index contributed by atoms with van der Waals surface area (Å²) in [5.74, 6) is -1.60. The van der Waals surface area contributed by atoms with Crippen molar-refractivity contribution >= 4 is 0 Å². The number of hydrogen-bond donors (Lipinski definition) is 0. The molecule has 2 saturated carbocycles. The Kier molecular flexibility index (Phi) is 2.46. The molecule has 12 heavy (non-hydrogen) atoms. The molecule has 2 rings (SSSR count). The van der Waals surface area contributed by atoms with Crippen molar-refractivity contribution in [1.29, 1.82) is 0 Å². The zero-order valence-electron chi connectivity index (χ0n) is 8.16. The monoisotopic (exact) mass is 176 g/mol. The molecule has 0 atom stereocenters. The Hall–Kier alpha value is -0.140. The third-order valence-electron chi connectivity index (χ3n) is 2.83. The largest absolute Gasteiger partial charge is 0.249 e. The smallest absolute Gasteiger partial charge is 0.207 e. The molecule has 0 heterocycles. The first-order valence-electron chi connectivity index (χ1n) is 4.89. The normalized spacial score (nSPS) is 29.8. The molecule has 0 N–H and O–H groups in total. The minimum absolute atomic E-state index is 0.100. The van der Waals surface area contributed by atoms with Crippen LogP contribution in [0.25, 0.3) is 0 Å². The summed E-state index contributed by atoms with van der Waals surface area (Å²) in [5, 5.41) is 0. The van der Waals surface area contributed by atoms with E-state index in [0.29, 0.717) is 5.92 Å². The minimum Gasteiger partial charge on any atom is -0.207 e. The van der Waals surface area contributed by atoms with Crippen molar-refractivity contribution in [3.05, 3.63) is 0 Å². The van der Waals surface area contributed by atoms with E-state index in [2.05, 4.69) is 6.92 Å². The minimum atomic E-state index is -2.31. The van der Waals surface area contributed by atoms with Crippen LogP contribution in [0, 0.1) is 11.3 Å². The van der Waals surface area contributed by atoms with Crippen molar-refractivity contribution in [2.45, 2.75) is 52.4 Å². The fourth-order valence-corrected chi connectivity index (χ4v) is 2.75. The zero-order valence-corrected chi connectivity index (χ0v) is 8.16. The van der Waals surface area contributed by atoms with E-state index in [1.807, 2.05) is 13.8 Å².